The van der Waals surface area contributed by atoms with Crippen LogP contribution in [0.2, 0.25) is 0 Å². The lowest BCUT2D eigenvalue weighted by molar-refractivity contribution is 0.0490. The number of ether oxygens (including phenoxy) is 1. The molecule has 0 aliphatic heterocycles. The molecule has 0 aliphatic carbocycles. The lowest BCUT2D eigenvalue weighted by atomic mass is 10.0. The maximum absolute atomic E-state index is 11.9. The van der Waals surface area contributed by atoms with Gasteiger partial charge in [0.25, 0.3) is 0 Å². The molecule has 1 heterocycles. The number of unbranched alkanes of at least 4 members (excludes halogenated alkanes) is 15. The summed E-state index contributed by atoms with van der Waals surface area (Å²) in [5.41, 5.74) is -0.0988. The van der Waals surface area contributed by atoms with Crippen molar-refractivity contribution in [3.8, 4) is 0 Å². The van der Waals surface area contributed by atoms with Gasteiger partial charge in [-0.1, -0.05) is 109 Å². The molecule has 0 aromatic carbocycles. The van der Waals surface area contributed by atoms with E-state index in [0.29, 0.717) is 6.61 Å². The predicted molar refractivity (Wildman–Crippen MR) is 121 cm³/mol. The number of esters is 1. The largest absolute Gasteiger partial charge is 0.477 e. The first-order chi connectivity index (χ1) is 14.6. The van der Waals surface area contributed by atoms with Gasteiger partial charge < -0.3 is 9.84 Å². The first-order valence-corrected chi connectivity index (χ1v) is 12.0. The Kier molecular flexibility index (Phi) is 15.6. The summed E-state index contributed by atoms with van der Waals surface area (Å²) >= 11 is 0. The molecule has 30 heavy (non-hydrogen) atoms. The van der Waals surface area contributed by atoms with Crippen molar-refractivity contribution >= 4 is 11.9 Å². The van der Waals surface area contributed by atoms with E-state index in [9.17, 15) is 9.59 Å². The SMILES string of the molecule is CCCCCCCCCCCCCCCCCCOC(=O)c1cccc(C(=O)O)n1. The number of carbonyl (C=O) groups is 2. The zero-order chi connectivity index (χ0) is 21.9. The first-order valence-electron chi connectivity index (χ1n) is 12.0. The van der Waals surface area contributed by atoms with Gasteiger partial charge in [0.2, 0.25) is 0 Å². The molecule has 0 spiro atoms. The number of aromatic nitrogens is 1. The Balaban J connectivity index is 1.87. The Hall–Kier alpha value is -1.91. The summed E-state index contributed by atoms with van der Waals surface area (Å²) in [6.07, 6.45) is 20.8. The Labute approximate surface area is 182 Å². The van der Waals surface area contributed by atoms with E-state index in [1.54, 1.807) is 0 Å². The second-order valence-electron chi connectivity index (χ2n) is 8.15. The lowest BCUT2D eigenvalue weighted by Crippen LogP contribution is -2.11. The number of carboxylic acid groups (broad SMARTS) is 1. The van der Waals surface area contributed by atoms with Crippen molar-refractivity contribution in [2.45, 2.75) is 110 Å². The summed E-state index contributed by atoms with van der Waals surface area (Å²) in [5.74, 6) is -1.71. The van der Waals surface area contributed by atoms with E-state index in [2.05, 4.69) is 11.9 Å². The fourth-order valence-electron chi connectivity index (χ4n) is 3.56. The van der Waals surface area contributed by atoms with Crippen molar-refractivity contribution in [2.24, 2.45) is 0 Å². The van der Waals surface area contributed by atoms with Crippen LogP contribution in [0.1, 0.15) is 131 Å². The van der Waals surface area contributed by atoms with Crippen molar-refractivity contribution in [2.75, 3.05) is 6.61 Å². The third kappa shape index (κ3) is 13.3. The van der Waals surface area contributed by atoms with Crippen molar-refractivity contribution in [1.29, 1.82) is 0 Å². The molecule has 1 aromatic heterocycles. The minimum Gasteiger partial charge on any atom is -0.477 e. The standard InChI is InChI=1S/C25H41NO4/c1-2-3-4-5-6-7-8-9-10-11-12-13-14-15-16-17-21-30-25(29)23-20-18-19-22(26-23)24(27)28/h18-20H,2-17,21H2,1H3,(H,27,28). The maximum Gasteiger partial charge on any atom is 0.356 e. The average molecular weight is 420 g/mol. The van der Waals surface area contributed by atoms with E-state index in [1.807, 2.05) is 0 Å². The molecule has 5 nitrogen and oxygen atoms in total. The number of aromatic carboxylic acids is 1. The topological polar surface area (TPSA) is 76.5 Å². The van der Waals surface area contributed by atoms with E-state index < -0.39 is 11.9 Å². The van der Waals surface area contributed by atoms with E-state index in [-0.39, 0.29) is 11.4 Å². The molecule has 0 unspecified atom stereocenters. The number of pyridine rings is 1. The van der Waals surface area contributed by atoms with Crippen molar-refractivity contribution in [1.82, 2.24) is 4.98 Å². The van der Waals surface area contributed by atoms with E-state index in [4.69, 9.17) is 9.84 Å². The summed E-state index contributed by atoms with van der Waals surface area (Å²) in [6.45, 7) is 2.62. The number of rotatable bonds is 19. The van der Waals surface area contributed by atoms with Gasteiger partial charge in [-0.05, 0) is 18.6 Å². The molecular formula is C25H41NO4. The van der Waals surface area contributed by atoms with Gasteiger partial charge in [0.15, 0.2) is 0 Å². The Morgan fingerprint density at radius 1 is 0.733 bits per heavy atom. The van der Waals surface area contributed by atoms with Crippen LogP contribution in [0, 0.1) is 0 Å². The molecule has 0 atom stereocenters. The van der Waals surface area contributed by atoms with Gasteiger partial charge in [0.1, 0.15) is 11.4 Å². The molecule has 0 saturated carbocycles. The molecule has 5 heteroatoms. The van der Waals surface area contributed by atoms with Crippen LogP contribution < -0.4 is 0 Å². The maximum atomic E-state index is 11.9. The molecule has 0 bridgehead atoms. The normalized spacial score (nSPS) is 10.8. The monoisotopic (exact) mass is 419 g/mol. The van der Waals surface area contributed by atoms with Crippen LogP contribution in [0.3, 0.4) is 0 Å². The van der Waals surface area contributed by atoms with Crippen LogP contribution in [-0.4, -0.2) is 28.6 Å². The zero-order valence-electron chi connectivity index (χ0n) is 18.9. The third-order valence-corrected chi connectivity index (χ3v) is 5.41. The zero-order valence-corrected chi connectivity index (χ0v) is 18.9. The second-order valence-corrected chi connectivity index (χ2v) is 8.15. The van der Waals surface area contributed by atoms with Gasteiger partial charge in [0.05, 0.1) is 6.61 Å². The van der Waals surface area contributed by atoms with E-state index in [0.717, 1.165) is 12.8 Å². The van der Waals surface area contributed by atoms with Crippen molar-refractivity contribution in [3.63, 3.8) is 0 Å². The van der Waals surface area contributed by atoms with Gasteiger partial charge in [-0.25, -0.2) is 14.6 Å². The van der Waals surface area contributed by atoms with Crippen molar-refractivity contribution < 1.29 is 19.4 Å². The number of nitrogens with zero attached hydrogens (tertiary/aromatic N) is 1. The number of carbonyl (C=O) groups excluding carboxylic acids is 1. The Morgan fingerprint density at radius 2 is 1.17 bits per heavy atom. The highest BCUT2D eigenvalue weighted by Gasteiger charge is 2.12. The summed E-state index contributed by atoms with van der Waals surface area (Å²) in [4.78, 5) is 26.6. The quantitative estimate of drug-likeness (QED) is 0.189. The highest BCUT2D eigenvalue weighted by atomic mass is 16.5. The molecule has 1 rings (SSSR count). The lowest BCUT2D eigenvalue weighted by Gasteiger charge is -2.05. The van der Waals surface area contributed by atoms with E-state index >= 15 is 0 Å². The predicted octanol–water partition coefficient (Wildman–Crippen LogP) is 7.20. The summed E-state index contributed by atoms with van der Waals surface area (Å²) in [7, 11) is 0. The number of hydrogen-bond acceptors (Lipinski definition) is 4. The molecule has 1 N–H and O–H groups in total. The van der Waals surface area contributed by atoms with Crippen LogP contribution in [-0.2, 0) is 4.74 Å². The smallest absolute Gasteiger partial charge is 0.356 e. The highest BCUT2D eigenvalue weighted by Crippen LogP contribution is 2.13. The third-order valence-electron chi connectivity index (χ3n) is 5.41. The summed E-state index contributed by atoms with van der Waals surface area (Å²) in [5, 5.41) is 8.91. The first kappa shape index (κ1) is 26.1. The van der Waals surface area contributed by atoms with Gasteiger partial charge in [-0.15, -0.1) is 0 Å². The minimum absolute atomic E-state index is 0.0476. The number of hydrogen-bond donors (Lipinski definition) is 1. The molecule has 0 aliphatic rings. The fourth-order valence-corrected chi connectivity index (χ4v) is 3.56. The average Bonchev–Trinajstić information content (AvgIpc) is 2.75. The summed E-state index contributed by atoms with van der Waals surface area (Å²) in [6, 6.07) is 4.33. The molecule has 170 valence electrons. The Bertz CT molecular complexity index is 588. The van der Waals surface area contributed by atoms with Crippen LogP contribution in [0.5, 0.6) is 0 Å². The molecule has 0 radical (unpaired) electrons. The van der Waals surface area contributed by atoms with Gasteiger partial charge >= 0.3 is 11.9 Å². The van der Waals surface area contributed by atoms with Gasteiger partial charge in [0, 0.05) is 0 Å². The highest BCUT2D eigenvalue weighted by molar-refractivity contribution is 5.90. The van der Waals surface area contributed by atoms with Crippen LogP contribution in [0.4, 0.5) is 0 Å². The fraction of sp³-hybridized carbons (Fsp3) is 0.720. The van der Waals surface area contributed by atoms with E-state index in [1.165, 1.54) is 108 Å². The van der Waals surface area contributed by atoms with Crippen LogP contribution in [0.25, 0.3) is 0 Å². The molecule has 0 amide bonds. The molecule has 0 fully saturated rings. The van der Waals surface area contributed by atoms with Gasteiger partial charge in [-0.2, -0.15) is 0 Å². The molecule has 1 aromatic rings. The van der Waals surface area contributed by atoms with Crippen molar-refractivity contribution in [3.05, 3.63) is 29.6 Å². The van der Waals surface area contributed by atoms with Crippen LogP contribution in [0.15, 0.2) is 18.2 Å². The number of carboxylic acids is 1. The second kappa shape index (κ2) is 17.9. The Morgan fingerprint density at radius 3 is 1.63 bits per heavy atom. The minimum atomic E-state index is -1.15. The molecular weight excluding hydrogens is 378 g/mol. The van der Waals surface area contributed by atoms with Gasteiger partial charge in [-0.3, -0.25) is 0 Å². The molecule has 0 saturated heterocycles. The summed E-state index contributed by atoms with van der Waals surface area (Å²) < 4.78 is 5.19. The van der Waals surface area contributed by atoms with Crippen LogP contribution >= 0.6 is 0 Å².